The summed E-state index contributed by atoms with van der Waals surface area (Å²) in [7, 11) is -1.20. The smallest absolute Gasteiger partial charge is 0.416 e. The van der Waals surface area contributed by atoms with Gasteiger partial charge in [-0.2, -0.15) is 13.2 Å². The van der Waals surface area contributed by atoms with Gasteiger partial charge >= 0.3 is 6.18 Å². The van der Waals surface area contributed by atoms with Crippen molar-refractivity contribution in [3.05, 3.63) is 83.4 Å². The minimum absolute atomic E-state index is 0.0571. The van der Waals surface area contributed by atoms with E-state index < -0.39 is 25.7 Å². The Morgan fingerprint density at radius 1 is 0.941 bits per heavy atom. The molecule has 0 spiro atoms. The van der Waals surface area contributed by atoms with E-state index >= 15 is 0 Å². The summed E-state index contributed by atoms with van der Waals surface area (Å²) < 4.78 is 56.7. The summed E-state index contributed by atoms with van der Waals surface area (Å²) in [5, 5.41) is 3.28. The molecule has 0 bridgehead atoms. The molecule has 0 saturated carbocycles. The van der Waals surface area contributed by atoms with Crippen LogP contribution in [-0.2, 0) is 24.2 Å². The molecule has 1 saturated heterocycles. The van der Waals surface area contributed by atoms with Crippen LogP contribution in [0.4, 0.5) is 18.9 Å². The number of halogens is 3. The zero-order chi connectivity index (χ0) is 36.3. The molecule has 0 unspecified atom stereocenters. The third-order valence-electron chi connectivity index (χ3n) is 9.20. The topological polar surface area (TPSA) is 97.6 Å². The lowest BCUT2D eigenvalue weighted by molar-refractivity contribution is -0.138. The number of piperazine rings is 1. The molecule has 1 N–H and O–H groups in total. The first-order valence-corrected chi connectivity index (χ1v) is 20.9. The van der Waals surface area contributed by atoms with Crippen LogP contribution in [0.2, 0.25) is 25.7 Å². The second-order valence-corrected chi connectivity index (χ2v) is 19.8. The van der Waals surface area contributed by atoms with Gasteiger partial charge in [0.1, 0.15) is 18.8 Å². The van der Waals surface area contributed by atoms with Gasteiger partial charge in [0.15, 0.2) is 0 Å². The number of ether oxygens (including phenoxy) is 2. The van der Waals surface area contributed by atoms with Gasteiger partial charge in [0.2, 0.25) is 5.88 Å². The number of benzene rings is 3. The van der Waals surface area contributed by atoms with Gasteiger partial charge < -0.3 is 24.3 Å². The first kappa shape index (κ1) is 36.4. The van der Waals surface area contributed by atoms with Crippen LogP contribution in [-0.4, -0.2) is 82.6 Å². The maximum atomic E-state index is 14.2. The van der Waals surface area contributed by atoms with Crippen molar-refractivity contribution in [3.8, 4) is 11.6 Å². The Morgan fingerprint density at radius 3 is 2.43 bits per heavy atom. The number of imidazole rings is 1. The van der Waals surface area contributed by atoms with E-state index in [1.165, 1.54) is 18.5 Å². The first-order chi connectivity index (χ1) is 24.3. The molecule has 10 nitrogen and oxygen atoms in total. The largest absolute Gasteiger partial charge is 0.438 e. The molecule has 1 aliphatic rings. The lowest BCUT2D eigenvalue weighted by Crippen LogP contribution is -2.45. The number of likely N-dealkylation sites (N-methyl/N-ethyl adjacent to an activating group) is 1. The molecule has 3 heterocycles. The molecule has 51 heavy (non-hydrogen) atoms. The second-order valence-electron chi connectivity index (χ2n) is 14.2. The summed E-state index contributed by atoms with van der Waals surface area (Å²) in [5.74, 6) is 0.0897. The zero-order valence-electron chi connectivity index (χ0n) is 29.7. The van der Waals surface area contributed by atoms with Crippen molar-refractivity contribution in [3.63, 3.8) is 0 Å². The number of rotatable bonds is 12. The summed E-state index contributed by atoms with van der Waals surface area (Å²) in [6.45, 7) is 16.1. The van der Waals surface area contributed by atoms with Gasteiger partial charge in [0, 0.05) is 58.7 Å². The molecule has 270 valence electrons. The number of aryl methyl sites for hydroxylation is 1. The molecular weight excluding hydrogens is 676 g/mol. The molecule has 1 aliphatic heterocycles. The van der Waals surface area contributed by atoms with Crippen molar-refractivity contribution in [2.24, 2.45) is 0 Å². The fraction of sp³-hybridized carbons (Fsp3) is 0.405. The van der Waals surface area contributed by atoms with Gasteiger partial charge in [-0.1, -0.05) is 38.7 Å². The number of hydrogen-bond donors (Lipinski definition) is 1. The minimum Gasteiger partial charge on any atom is -0.438 e. The van der Waals surface area contributed by atoms with Gasteiger partial charge in [-0.15, -0.1) is 0 Å². The van der Waals surface area contributed by atoms with E-state index in [1.807, 2.05) is 28.5 Å². The van der Waals surface area contributed by atoms with E-state index in [2.05, 4.69) is 51.7 Å². The lowest BCUT2D eigenvalue weighted by Gasteiger charge is -2.34. The third-order valence-corrected chi connectivity index (χ3v) is 10.9. The molecule has 6 rings (SSSR count). The normalized spacial score (nSPS) is 14.7. The van der Waals surface area contributed by atoms with Crippen LogP contribution in [0.25, 0.3) is 21.9 Å². The summed E-state index contributed by atoms with van der Waals surface area (Å²) in [6.07, 6.45) is -1.43. The zero-order valence-corrected chi connectivity index (χ0v) is 30.7. The Balaban J connectivity index is 1.18. The van der Waals surface area contributed by atoms with Crippen molar-refractivity contribution < 1.29 is 27.4 Å². The number of carbonyl (C=O) groups excluding carboxylic acids is 1. The SMILES string of the molecule is CCN1CCN(Cc2ccc(NC(=O)c3ccc(C)c(Oc4ncnc5cc6c(cc45)ncn6COCC[Si](C)(C)C)c3)cc2C(F)(F)F)CC1. The highest BCUT2D eigenvalue weighted by atomic mass is 28.3. The van der Waals surface area contributed by atoms with Crippen LogP contribution < -0.4 is 10.1 Å². The Morgan fingerprint density at radius 2 is 1.71 bits per heavy atom. The number of nitrogens with one attached hydrogen (secondary N) is 1. The van der Waals surface area contributed by atoms with Crippen LogP contribution in [0, 0.1) is 6.92 Å². The van der Waals surface area contributed by atoms with Crippen molar-refractivity contribution >= 4 is 41.6 Å². The average Bonchev–Trinajstić information content (AvgIpc) is 3.48. The molecule has 0 atom stereocenters. The molecule has 2 aromatic heterocycles. The predicted octanol–water partition coefficient (Wildman–Crippen LogP) is 7.80. The van der Waals surface area contributed by atoms with Crippen molar-refractivity contribution in [1.29, 1.82) is 0 Å². The standard InChI is InChI=1S/C37H44F3N7O3Si/c1-6-45-11-13-46(14-12-45)21-27-9-10-28(18-30(27)37(38,39)40)44-35(48)26-8-7-25(2)34(17-26)50-36-29-19-32-33(20-31(29)41-22-42-36)47(23-43-32)24-49-15-16-51(3,4)5/h7-10,17-20,22-23H,6,11-16,21,24H2,1-5H3,(H,44,48). The lowest BCUT2D eigenvalue weighted by atomic mass is 10.0. The molecule has 0 radical (unpaired) electrons. The molecule has 1 amide bonds. The number of carbonyl (C=O) groups is 1. The number of amides is 1. The highest BCUT2D eigenvalue weighted by molar-refractivity contribution is 6.76. The average molecular weight is 720 g/mol. The fourth-order valence-corrected chi connectivity index (χ4v) is 6.79. The number of hydrogen-bond acceptors (Lipinski definition) is 8. The first-order valence-electron chi connectivity index (χ1n) is 17.2. The quantitative estimate of drug-likeness (QED) is 0.103. The monoisotopic (exact) mass is 719 g/mol. The predicted molar refractivity (Wildman–Crippen MR) is 195 cm³/mol. The molecule has 14 heteroatoms. The van der Waals surface area contributed by atoms with Gasteiger partial charge in [-0.25, -0.2) is 15.0 Å². The summed E-state index contributed by atoms with van der Waals surface area (Å²) in [6, 6.07) is 13.7. The minimum atomic E-state index is -4.57. The Kier molecular flexibility index (Phi) is 10.8. The van der Waals surface area contributed by atoms with Crippen LogP contribution >= 0.6 is 0 Å². The van der Waals surface area contributed by atoms with Crippen LogP contribution in [0.1, 0.15) is 34.0 Å². The van der Waals surface area contributed by atoms with Gasteiger partial charge in [-0.05, 0) is 67.0 Å². The van der Waals surface area contributed by atoms with Crippen LogP contribution in [0.3, 0.4) is 0 Å². The number of aromatic nitrogens is 4. The van der Waals surface area contributed by atoms with Gasteiger partial charge in [-0.3, -0.25) is 9.69 Å². The maximum absolute atomic E-state index is 14.2. The van der Waals surface area contributed by atoms with Crippen molar-refractivity contribution in [2.75, 3.05) is 44.6 Å². The molecule has 0 aliphatic carbocycles. The number of fused-ring (bicyclic) bond motifs is 2. The van der Waals surface area contributed by atoms with Crippen LogP contribution in [0.5, 0.6) is 11.6 Å². The molecule has 3 aromatic carbocycles. The highest BCUT2D eigenvalue weighted by Crippen LogP contribution is 2.35. The van der Waals surface area contributed by atoms with E-state index in [1.54, 1.807) is 24.5 Å². The van der Waals surface area contributed by atoms with E-state index in [-0.39, 0.29) is 29.2 Å². The Labute approximate surface area is 296 Å². The molecule has 1 fully saturated rings. The fourth-order valence-electron chi connectivity index (χ4n) is 6.03. The molecular formula is C37H44F3N7O3Si. The van der Waals surface area contributed by atoms with E-state index in [4.69, 9.17) is 9.47 Å². The third kappa shape index (κ3) is 8.93. The Bertz CT molecular complexity index is 2020. The van der Waals surface area contributed by atoms with Gasteiger partial charge in [0.05, 0.1) is 33.8 Å². The van der Waals surface area contributed by atoms with E-state index in [9.17, 15) is 18.0 Å². The van der Waals surface area contributed by atoms with Crippen molar-refractivity contribution in [1.82, 2.24) is 29.3 Å². The highest BCUT2D eigenvalue weighted by Gasteiger charge is 2.34. The van der Waals surface area contributed by atoms with Crippen LogP contribution in [0.15, 0.2) is 61.2 Å². The Hall–Kier alpha value is -4.37. The second kappa shape index (κ2) is 15.1. The van der Waals surface area contributed by atoms with E-state index in [0.29, 0.717) is 43.1 Å². The maximum Gasteiger partial charge on any atom is 0.416 e. The van der Waals surface area contributed by atoms with Crippen molar-refractivity contribution in [2.45, 2.75) is 59.0 Å². The van der Waals surface area contributed by atoms with Gasteiger partial charge in [0.25, 0.3) is 5.91 Å². The summed E-state index contributed by atoms with van der Waals surface area (Å²) in [5.41, 5.74) is 2.68. The number of alkyl halides is 3. The molecule has 5 aromatic rings. The number of anilines is 1. The summed E-state index contributed by atoms with van der Waals surface area (Å²) in [4.78, 5) is 31.0. The number of nitrogens with zero attached hydrogens (tertiary/aromatic N) is 6. The summed E-state index contributed by atoms with van der Waals surface area (Å²) >= 11 is 0. The van der Waals surface area contributed by atoms with E-state index in [0.717, 1.165) is 48.3 Å².